The standard InChI is InChI=1S/C23H26N6O3S/c1-10-14(5)33-22(17(10)23(31)32-8)25-21(30)15-9-16(18-11(2)26-28(6)13(18)4)24-20-19(15)12(3)27-29(20)7/h9H,1-8H3,(H,25,30). The average molecular weight is 467 g/mol. The molecule has 0 aliphatic rings. The molecule has 0 atom stereocenters. The van der Waals surface area contributed by atoms with Gasteiger partial charge in [-0.3, -0.25) is 14.2 Å². The SMILES string of the molecule is COC(=O)c1c(NC(=O)c2cc(-c3c(C)nn(C)c3C)nc3c2c(C)nn3C)sc(C)c1C. The van der Waals surface area contributed by atoms with Gasteiger partial charge >= 0.3 is 5.97 Å². The van der Waals surface area contributed by atoms with E-state index in [2.05, 4.69) is 15.5 Å². The molecule has 172 valence electrons. The summed E-state index contributed by atoms with van der Waals surface area (Å²) >= 11 is 1.35. The van der Waals surface area contributed by atoms with E-state index in [1.54, 1.807) is 22.5 Å². The first kappa shape index (κ1) is 22.7. The molecular formula is C23H26N6O3S. The number of esters is 1. The van der Waals surface area contributed by atoms with Gasteiger partial charge in [0.15, 0.2) is 5.65 Å². The maximum absolute atomic E-state index is 13.6. The Morgan fingerprint density at radius 1 is 1.03 bits per heavy atom. The van der Waals surface area contributed by atoms with Crippen LogP contribution in [0.1, 0.15) is 48.2 Å². The fourth-order valence-electron chi connectivity index (χ4n) is 4.13. The van der Waals surface area contributed by atoms with Crippen molar-refractivity contribution in [1.29, 1.82) is 0 Å². The molecule has 4 rings (SSSR count). The molecule has 33 heavy (non-hydrogen) atoms. The highest BCUT2D eigenvalue weighted by Gasteiger charge is 2.25. The minimum absolute atomic E-state index is 0.342. The van der Waals surface area contributed by atoms with Crippen LogP contribution in [0.5, 0.6) is 0 Å². The largest absolute Gasteiger partial charge is 0.465 e. The predicted molar refractivity (Wildman–Crippen MR) is 128 cm³/mol. The number of aryl methyl sites for hydroxylation is 5. The zero-order chi connectivity index (χ0) is 24.2. The van der Waals surface area contributed by atoms with Crippen molar-refractivity contribution in [2.24, 2.45) is 14.1 Å². The van der Waals surface area contributed by atoms with Crippen molar-refractivity contribution in [2.75, 3.05) is 12.4 Å². The van der Waals surface area contributed by atoms with E-state index in [0.717, 1.165) is 27.4 Å². The zero-order valence-corrected chi connectivity index (χ0v) is 20.8. The lowest BCUT2D eigenvalue weighted by Gasteiger charge is -2.10. The van der Waals surface area contributed by atoms with Crippen LogP contribution >= 0.6 is 11.3 Å². The summed E-state index contributed by atoms with van der Waals surface area (Å²) in [5.74, 6) is -0.822. The van der Waals surface area contributed by atoms with Crippen LogP contribution in [0.2, 0.25) is 0 Å². The molecule has 9 nitrogen and oxygen atoms in total. The second kappa shape index (κ2) is 8.11. The van der Waals surface area contributed by atoms with Gasteiger partial charge in [0.25, 0.3) is 5.91 Å². The van der Waals surface area contributed by atoms with Gasteiger partial charge in [-0.25, -0.2) is 9.78 Å². The number of carbonyl (C=O) groups is 2. The normalized spacial score (nSPS) is 11.3. The van der Waals surface area contributed by atoms with E-state index < -0.39 is 5.97 Å². The topological polar surface area (TPSA) is 104 Å². The van der Waals surface area contributed by atoms with Gasteiger partial charge in [0.2, 0.25) is 0 Å². The van der Waals surface area contributed by atoms with Crippen molar-refractivity contribution in [1.82, 2.24) is 24.5 Å². The number of hydrogen-bond donors (Lipinski definition) is 1. The summed E-state index contributed by atoms with van der Waals surface area (Å²) in [7, 11) is 5.01. The van der Waals surface area contributed by atoms with Crippen molar-refractivity contribution in [3.05, 3.63) is 44.7 Å². The van der Waals surface area contributed by atoms with Crippen molar-refractivity contribution < 1.29 is 14.3 Å². The number of carbonyl (C=O) groups excluding carboxylic acids is 2. The van der Waals surface area contributed by atoms with E-state index >= 15 is 0 Å². The molecular weight excluding hydrogens is 440 g/mol. The number of rotatable bonds is 4. The van der Waals surface area contributed by atoms with Crippen LogP contribution in [-0.2, 0) is 18.8 Å². The van der Waals surface area contributed by atoms with Gasteiger partial charge < -0.3 is 10.1 Å². The first-order valence-corrected chi connectivity index (χ1v) is 11.2. The van der Waals surface area contributed by atoms with Crippen LogP contribution in [0, 0.1) is 34.6 Å². The van der Waals surface area contributed by atoms with E-state index in [1.807, 2.05) is 41.7 Å². The minimum atomic E-state index is -0.480. The van der Waals surface area contributed by atoms with Crippen LogP contribution in [0.3, 0.4) is 0 Å². The van der Waals surface area contributed by atoms with Gasteiger partial charge in [0.1, 0.15) is 5.00 Å². The van der Waals surface area contributed by atoms with Crippen molar-refractivity contribution in [3.63, 3.8) is 0 Å². The molecule has 10 heteroatoms. The second-order valence-corrected chi connectivity index (χ2v) is 9.29. The van der Waals surface area contributed by atoms with Crippen molar-refractivity contribution >= 4 is 39.2 Å². The van der Waals surface area contributed by atoms with Gasteiger partial charge in [-0.1, -0.05) is 0 Å². The third-order valence-corrected chi connectivity index (χ3v) is 7.10. The molecule has 1 N–H and O–H groups in total. The van der Waals surface area contributed by atoms with Crippen LogP contribution in [0.15, 0.2) is 6.07 Å². The maximum atomic E-state index is 13.6. The first-order valence-electron chi connectivity index (χ1n) is 10.4. The Morgan fingerprint density at radius 3 is 2.30 bits per heavy atom. The lowest BCUT2D eigenvalue weighted by Crippen LogP contribution is -2.15. The predicted octanol–water partition coefficient (Wildman–Crippen LogP) is 4.01. The number of aromatic nitrogens is 5. The van der Waals surface area contributed by atoms with Gasteiger partial charge in [-0.15, -0.1) is 11.3 Å². The highest BCUT2D eigenvalue weighted by molar-refractivity contribution is 7.16. The number of thiophene rings is 1. The number of fused-ring (bicyclic) bond motifs is 1. The molecule has 4 aromatic rings. The molecule has 0 radical (unpaired) electrons. The quantitative estimate of drug-likeness (QED) is 0.456. The summed E-state index contributed by atoms with van der Waals surface area (Å²) in [6.45, 7) is 9.48. The van der Waals surface area contributed by atoms with E-state index in [4.69, 9.17) is 9.72 Å². The smallest absolute Gasteiger partial charge is 0.341 e. The van der Waals surface area contributed by atoms with Gasteiger partial charge in [-0.05, 0) is 46.2 Å². The lowest BCUT2D eigenvalue weighted by molar-refractivity contribution is 0.0601. The summed E-state index contributed by atoms with van der Waals surface area (Å²) in [6.07, 6.45) is 0. The number of nitrogens with zero attached hydrogens (tertiary/aromatic N) is 5. The Hall–Kier alpha value is -3.53. The molecule has 0 saturated carbocycles. The number of hydrogen-bond acceptors (Lipinski definition) is 7. The fraction of sp³-hybridized carbons (Fsp3) is 0.348. The molecule has 0 aromatic carbocycles. The Balaban J connectivity index is 1.90. The van der Waals surface area contributed by atoms with Gasteiger partial charge in [0, 0.05) is 30.2 Å². The summed E-state index contributed by atoms with van der Waals surface area (Å²) in [6, 6.07) is 1.77. The summed E-state index contributed by atoms with van der Waals surface area (Å²) in [5.41, 5.74) is 6.19. The first-order chi connectivity index (χ1) is 15.5. The molecule has 0 aliphatic heterocycles. The van der Waals surface area contributed by atoms with E-state index in [9.17, 15) is 9.59 Å². The maximum Gasteiger partial charge on any atom is 0.341 e. The number of ether oxygens (including phenoxy) is 1. The van der Waals surface area contributed by atoms with E-state index in [0.29, 0.717) is 38.5 Å². The molecule has 1 amide bonds. The number of amides is 1. The molecule has 4 aromatic heterocycles. The van der Waals surface area contributed by atoms with Gasteiger partial charge in [-0.2, -0.15) is 10.2 Å². The highest BCUT2D eigenvalue weighted by Crippen LogP contribution is 2.35. The summed E-state index contributed by atoms with van der Waals surface area (Å²) in [5, 5.41) is 13.0. The van der Waals surface area contributed by atoms with Crippen LogP contribution < -0.4 is 5.32 Å². The molecule has 4 heterocycles. The Bertz CT molecular complexity index is 1440. The fourth-order valence-corrected chi connectivity index (χ4v) is 5.17. The van der Waals surface area contributed by atoms with Crippen LogP contribution in [0.25, 0.3) is 22.3 Å². The van der Waals surface area contributed by atoms with Crippen molar-refractivity contribution in [2.45, 2.75) is 34.6 Å². The second-order valence-electron chi connectivity index (χ2n) is 8.07. The zero-order valence-electron chi connectivity index (χ0n) is 19.9. The number of anilines is 1. The van der Waals surface area contributed by atoms with Gasteiger partial charge in [0.05, 0.1) is 40.7 Å². The molecule has 0 bridgehead atoms. The third-order valence-electron chi connectivity index (χ3n) is 5.98. The summed E-state index contributed by atoms with van der Waals surface area (Å²) < 4.78 is 8.41. The number of nitrogens with one attached hydrogen (secondary N) is 1. The number of methoxy groups -OCH3 is 1. The van der Waals surface area contributed by atoms with Crippen LogP contribution in [-0.4, -0.2) is 43.5 Å². The van der Waals surface area contributed by atoms with E-state index in [1.165, 1.54) is 18.4 Å². The Labute approximate surface area is 195 Å². The van der Waals surface area contributed by atoms with E-state index in [-0.39, 0.29) is 5.91 Å². The van der Waals surface area contributed by atoms with Crippen LogP contribution in [0.4, 0.5) is 5.00 Å². The molecule has 0 saturated heterocycles. The number of pyridine rings is 1. The molecule has 0 fully saturated rings. The third kappa shape index (κ3) is 3.60. The molecule has 0 aliphatic carbocycles. The Kier molecular flexibility index (Phi) is 5.57. The Morgan fingerprint density at radius 2 is 1.70 bits per heavy atom. The monoisotopic (exact) mass is 466 g/mol. The average Bonchev–Trinajstić information content (AvgIpc) is 3.31. The van der Waals surface area contributed by atoms with Crippen molar-refractivity contribution in [3.8, 4) is 11.3 Å². The summed E-state index contributed by atoms with van der Waals surface area (Å²) in [4.78, 5) is 31.7. The molecule has 0 spiro atoms. The lowest BCUT2D eigenvalue weighted by atomic mass is 10.0. The molecule has 0 unspecified atom stereocenters. The highest BCUT2D eigenvalue weighted by atomic mass is 32.1. The minimum Gasteiger partial charge on any atom is -0.465 e.